The summed E-state index contributed by atoms with van der Waals surface area (Å²) in [4.78, 5) is 4.16. The van der Waals surface area contributed by atoms with Crippen molar-refractivity contribution in [1.29, 1.82) is 0 Å². The Hall–Kier alpha value is -1.09. The van der Waals surface area contributed by atoms with E-state index in [0.29, 0.717) is 6.54 Å². The summed E-state index contributed by atoms with van der Waals surface area (Å²) in [6.07, 6.45) is 2.87. The maximum absolute atomic E-state index is 5.52. The van der Waals surface area contributed by atoms with Gasteiger partial charge in [0.15, 0.2) is 0 Å². The normalized spacial score (nSPS) is 9.83. The van der Waals surface area contributed by atoms with Crippen LogP contribution in [0.1, 0.15) is 19.0 Å². The van der Waals surface area contributed by atoms with Crippen molar-refractivity contribution < 1.29 is 0 Å². The molecule has 3 heteroatoms. The first kappa shape index (κ1) is 9.00. The molecule has 3 N–H and O–H groups in total. The van der Waals surface area contributed by atoms with E-state index in [1.54, 1.807) is 6.20 Å². The smallest absolute Gasteiger partial charge is 0.0770 e. The van der Waals surface area contributed by atoms with E-state index in [0.717, 1.165) is 24.3 Å². The molecule has 0 amide bonds. The van der Waals surface area contributed by atoms with Gasteiger partial charge in [-0.15, -0.1) is 0 Å². The van der Waals surface area contributed by atoms with Crippen LogP contribution in [0.5, 0.6) is 0 Å². The summed E-state index contributed by atoms with van der Waals surface area (Å²) in [6, 6.07) is 3.92. The number of aromatic nitrogens is 1. The van der Waals surface area contributed by atoms with Crippen LogP contribution in [0.25, 0.3) is 0 Å². The zero-order chi connectivity index (χ0) is 8.81. The standard InChI is InChI=1S/C9H15N3/c1-2-5-11-8-4-3-6-12-9(8)7-10/h3-4,6,11H,2,5,7,10H2,1H3. The molecule has 1 rings (SSSR count). The third kappa shape index (κ3) is 2.20. The lowest BCUT2D eigenvalue weighted by Gasteiger charge is -2.07. The summed E-state index contributed by atoms with van der Waals surface area (Å²) in [5, 5.41) is 3.27. The highest BCUT2D eigenvalue weighted by molar-refractivity contribution is 5.47. The second-order valence-corrected chi connectivity index (χ2v) is 2.63. The molecule has 0 saturated carbocycles. The Morgan fingerprint density at radius 3 is 3.08 bits per heavy atom. The van der Waals surface area contributed by atoms with Gasteiger partial charge in [0.25, 0.3) is 0 Å². The first-order valence-corrected chi connectivity index (χ1v) is 4.26. The second kappa shape index (κ2) is 4.72. The van der Waals surface area contributed by atoms with Gasteiger partial charge in [-0.25, -0.2) is 0 Å². The van der Waals surface area contributed by atoms with Gasteiger partial charge in [0.1, 0.15) is 0 Å². The minimum atomic E-state index is 0.493. The van der Waals surface area contributed by atoms with Crippen LogP contribution in [-0.2, 0) is 6.54 Å². The average molecular weight is 165 g/mol. The molecule has 0 fully saturated rings. The summed E-state index contributed by atoms with van der Waals surface area (Å²) >= 11 is 0. The molecule has 0 spiro atoms. The molecule has 3 nitrogen and oxygen atoms in total. The van der Waals surface area contributed by atoms with E-state index in [-0.39, 0.29) is 0 Å². The topological polar surface area (TPSA) is 50.9 Å². The zero-order valence-electron chi connectivity index (χ0n) is 7.38. The van der Waals surface area contributed by atoms with Crippen molar-refractivity contribution in [1.82, 2.24) is 4.98 Å². The predicted molar refractivity (Wildman–Crippen MR) is 50.9 cm³/mol. The van der Waals surface area contributed by atoms with E-state index in [2.05, 4.69) is 17.2 Å². The van der Waals surface area contributed by atoms with Crippen molar-refractivity contribution >= 4 is 5.69 Å². The number of nitrogens with two attached hydrogens (primary N) is 1. The predicted octanol–water partition coefficient (Wildman–Crippen LogP) is 1.36. The molecule has 0 atom stereocenters. The molecular weight excluding hydrogens is 150 g/mol. The molecule has 0 bridgehead atoms. The van der Waals surface area contributed by atoms with Gasteiger partial charge in [-0.1, -0.05) is 6.92 Å². The fourth-order valence-corrected chi connectivity index (χ4v) is 1.02. The van der Waals surface area contributed by atoms with Gasteiger partial charge in [-0.3, -0.25) is 4.98 Å². The SMILES string of the molecule is CCCNc1cccnc1CN. The van der Waals surface area contributed by atoms with Crippen LogP contribution >= 0.6 is 0 Å². The molecule has 0 aliphatic rings. The molecule has 1 heterocycles. The third-order valence-electron chi connectivity index (χ3n) is 1.65. The maximum atomic E-state index is 5.52. The monoisotopic (exact) mass is 165 g/mol. The fourth-order valence-electron chi connectivity index (χ4n) is 1.02. The van der Waals surface area contributed by atoms with Crippen molar-refractivity contribution in [3.63, 3.8) is 0 Å². The minimum Gasteiger partial charge on any atom is -0.384 e. The van der Waals surface area contributed by atoms with Crippen molar-refractivity contribution in [2.24, 2.45) is 5.73 Å². The highest BCUT2D eigenvalue weighted by Gasteiger charge is 1.98. The van der Waals surface area contributed by atoms with Crippen LogP contribution in [0.15, 0.2) is 18.3 Å². The van der Waals surface area contributed by atoms with Gasteiger partial charge in [-0.05, 0) is 18.6 Å². The summed E-state index contributed by atoms with van der Waals surface area (Å²) in [7, 11) is 0. The lowest BCUT2D eigenvalue weighted by Crippen LogP contribution is -2.07. The third-order valence-corrected chi connectivity index (χ3v) is 1.65. The molecule has 1 aromatic heterocycles. The number of hydrogen-bond acceptors (Lipinski definition) is 3. The lowest BCUT2D eigenvalue weighted by atomic mass is 10.3. The Kier molecular flexibility index (Phi) is 3.54. The van der Waals surface area contributed by atoms with Crippen LogP contribution in [0, 0.1) is 0 Å². The number of anilines is 1. The molecule has 0 aliphatic heterocycles. The van der Waals surface area contributed by atoms with Gasteiger partial charge in [0.2, 0.25) is 0 Å². The molecule has 1 aromatic rings. The molecule has 0 saturated heterocycles. The quantitative estimate of drug-likeness (QED) is 0.708. The Bertz CT molecular complexity index is 235. The lowest BCUT2D eigenvalue weighted by molar-refractivity contribution is 0.947. The van der Waals surface area contributed by atoms with E-state index < -0.39 is 0 Å². The first-order valence-electron chi connectivity index (χ1n) is 4.26. The number of hydrogen-bond donors (Lipinski definition) is 2. The molecule has 12 heavy (non-hydrogen) atoms. The molecular formula is C9H15N3. The summed E-state index contributed by atoms with van der Waals surface area (Å²) in [5.74, 6) is 0. The largest absolute Gasteiger partial charge is 0.384 e. The van der Waals surface area contributed by atoms with Crippen LogP contribution in [0.4, 0.5) is 5.69 Å². The highest BCUT2D eigenvalue weighted by Crippen LogP contribution is 2.10. The van der Waals surface area contributed by atoms with E-state index in [4.69, 9.17) is 5.73 Å². The summed E-state index contributed by atoms with van der Waals surface area (Å²) < 4.78 is 0. The Labute approximate surface area is 73.0 Å². The molecule has 0 radical (unpaired) electrons. The maximum Gasteiger partial charge on any atom is 0.0770 e. The van der Waals surface area contributed by atoms with E-state index >= 15 is 0 Å². The van der Waals surface area contributed by atoms with Gasteiger partial charge < -0.3 is 11.1 Å². The Morgan fingerprint density at radius 2 is 2.42 bits per heavy atom. The van der Waals surface area contributed by atoms with Crippen LogP contribution in [0.3, 0.4) is 0 Å². The highest BCUT2D eigenvalue weighted by atomic mass is 14.9. The van der Waals surface area contributed by atoms with Crippen molar-refractivity contribution in [3.8, 4) is 0 Å². The van der Waals surface area contributed by atoms with Crippen LogP contribution < -0.4 is 11.1 Å². The van der Waals surface area contributed by atoms with Crippen molar-refractivity contribution in [3.05, 3.63) is 24.0 Å². The van der Waals surface area contributed by atoms with Gasteiger partial charge >= 0.3 is 0 Å². The molecule has 66 valence electrons. The van der Waals surface area contributed by atoms with Crippen molar-refractivity contribution in [2.45, 2.75) is 19.9 Å². The zero-order valence-corrected chi connectivity index (χ0v) is 7.38. The summed E-state index contributed by atoms with van der Waals surface area (Å²) in [6.45, 7) is 3.59. The Balaban J connectivity index is 2.68. The van der Waals surface area contributed by atoms with E-state index in [9.17, 15) is 0 Å². The number of nitrogens with zero attached hydrogens (tertiary/aromatic N) is 1. The number of rotatable bonds is 4. The van der Waals surface area contributed by atoms with Crippen molar-refractivity contribution in [2.75, 3.05) is 11.9 Å². The Morgan fingerprint density at radius 1 is 1.58 bits per heavy atom. The van der Waals surface area contributed by atoms with Gasteiger partial charge in [0, 0.05) is 19.3 Å². The van der Waals surface area contributed by atoms with Gasteiger partial charge in [-0.2, -0.15) is 0 Å². The van der Waals surface area contributed by atoms with E-state index in [1.807, 2.05) is 12.1 Å². The van der Waals surface area contributed by atoms with E-state index in [1.165, 1.54) is 0 Å². The molecule has 0 aromatic carbocycles. The number of nitrogens with one attached hydrogen (secondary N) is 1. The van der Waals surface area contributed by atoms with Crippen LogP contribution in [0.2, 0.25) is 0 Å². The van der Waals surface area contributed by atoms with Gasteiger partial charge in [0.05, 0.1) is 11.4 Å². The first-order chi connectivity index (χ1) is 5.88. The minimum absolute atomic E-state index is 0.493. The van der Waals surface area contributed by atoms with Crippen LogP contribution in [-0.4, -0.2) is 11.5 Å². The molecule has 0 aliphatic carbocycles. The molecule has 0 unspecified atom stereocenters. The average Bonchev–Trinajstić information content (AvgIpc) is 2.15. The number of pyridine rings is 1. The summed E-state index contributed by atoms with van der Waals surface area (Å²) in [5.41, 5.74) is 7.51. The fraction of sp³-hybridized carbons (Fsp3) is 0.444. The second-order valence-electron chi connectivity index (χ2n) is 2.63.